The molecule has 0 heterocycles. The summed E-state index contributed by atoms with van der Waals surface area (Å²) in [5.74, 6) is -0.224. The second-order valence-electron chi connectivity index (χ2n) is 6.35. The summed E-state index contributed by atoms with van der Waals surface area (Å²) in [6.45, 7) is 2.01. The minimum atomic E-state index is -3.79. The first-order valence-corrected chi connectivity index (χ1v) is 10.2. The first-order valence-electron chi connectivity index (χ1n) is 8.73. The molecule has 0 radical (unpaired) electrons. The summed E-state index contributed by atoms with van der Waals surface area (Å²) in [5.41, 5.74) is 3.05. The van der Waals surface area contributed by atoms with Gasteiger partial charge in [-0.3, -0.25) is 9.52 Å². The number of anilines is 1. The van der Waals surface area contributed by atoms with E-state index in [0.29, 0.717) is 11.1 Å². The molecule has 27 heavy (non-hydrogen) atoms. The summed E-state index contributed by atoms with van der Waals surface area (Å²) in [4.78, 5) is 13.1. The highest BCUT2D eigenvalue weighted by atomic mass is 32.2. The normalized spacial score (nSPS) is 11.1. The highest BCUT2D eigenvalue weighted by molar-refractivity contribution is 7.92. The van der Waals surface area contributed by atoms with Crippen LogP contribution >= 0.6 is 0 Å². The summed E-state index contributed by atoms with van der Waals surface area (Å²) in [6.07, 6.45) is 0.835. The van der Waals surface area contributed by atoms with Crippen LogP contribution in [0.2, 0.25) is 0 Å². The summed E-state index contributed by atoms with van der Waals surface area (Å²) >= 11 is 0. The van der Waals surface area contributed by atoms with Crippen molar-refractivity contribution in [3.63, 3.8) is 0 Å². The van der Waals surface area contributed by atoms with Crippen molar-refractivity contribution in [1.82, 2.24) is 0 Å². The maximum absolute atomic E-state index is 12.9. The van der Waals surface area contributed by atoms with Crippen LogP contribution in [-0.4, -0.2) is 22.0 Å². The van der Waals surface area contributed by atoms with Gasteiger partial charge >= 0.3 is 0 Å². The van der Waals surface area contributed by atoms with Crippen LogP contribution in [0.15, 0.2) is 77.7 Å². The molecule has 3 rings (SSSR count). The van der Waals surface area contributed by atoms with Gasteiger partial charge in [-0.2, -0.15) is 0 Å². The predicted molar refractivity (Wildman–Crippen MR) is 111 cm³/mol. The first-order chi connectivity index (χ1) is 12.9. The molecule has 0 fully saturated rings. The molecule has 4 nitrogen and oxygen atoms in total. The number of sulfonamides is 1. The number of benzene rings is 3. The van der Waals surface area contributed by atoms with Gasteiger partial charge in [0.15, 0.2) is 5.78 Å². The zero-order valence-corrected chi connectivity index (χ0v) is 16.1. The molecule has 0 aromatic heterocycles. The highest BCUT2D eigenvalue weighted by Gasteiger charge is 2.19. The van der Waals surface area contributed by atoms with Crippen LogP contribution in [-0.2, 0) is 16.4 Å². The van der Waals surface area contributed by atoms with Gasteiger partial charge < -0.3 is 0 Å². The highest BCUT2D eigenvalue weighted by Crippen LogP contribution is 2.22. The van der Waals surface area contributed by atoms with Crippen LogP contribution in [0.25, 0.3) is 0 Å². The van der Waals surface area contributed by atoms with Crippen LogP contribution in [0, 0.1) is 0 Å². The van der Waals surface area contributed by atoms with E-state index in [1.54, 1.807) is 66.7 Å². The third-order valence-corrected chi connectivity index (χ3v) is 5.72. The van der Waals surface area contributed by atoms with Gasteiger partial charge in [-0.15, -0.1) is 0 Å². The summed E-state index contributed by atoms with van der Waals surface area (Å²) in [7, 11) is -1.93. The van der Waals surface area contributed by atoms with Crippen molar-refractivity contribution in [2.24, 2.45) is 0 Å². The van der Waals surface area contributed by atoms with Gasteiger partial charge in [-0.1, -0.05) is 67.0 Å². The Morgan fingerprint density at radius 3 is 2.26 bits per heavy atom. The lowest BCUT2D eigenvalue weighted by atomic mass is 9.91. The van der Waals surface area contributed by atoms with Crippen LogP contribution in [0.1, 0.15) is 28.4 Å². The Bertz CT molecular complexity index is 1060. The number of ketones is 1. The standard InChI is InChI=1S/C21H20BNO3S/c1-2-15-8-11-18(12-9-15)27(25,26)23-20-13-10-17(22)14-19(20)21(24)16-6-4-3-5-7-16/h3-14,23H,2,22H2,1H3. The fourth-order valence-electron chi connectivity index (χ4n) is 2.79. The minimum Gasteiger partial charge on any atom is -0.289 e. The molecule has 0 aliphatic heterocycles. The second kappa shape index (κ2) is 7.80. The van der Waals surface area contributed by atoms with Crippen LogP contribution in [0.5, 0.6) is 0 Å². The molecule has 0 atom stereocenters. The Hall–Kier alpha value is -2.86. The molecule has 0 bridgehead atoms. The number of rotatable bonds is 6. The molecule has 3 aromatic carbocycles. The number of carbonyl (C=O) groups is 1. The van der Waals surface area contributed by atoms with Crippen LogP contribution in [0.4, 0.5) is 5.69 Å². The van der Waals surface area contributed by atoms with Gasteiger partial charge in [-0.05, 0) is 30.2 Å². The van der Waals surface area contributed by atoms with Gasteiger partial charge in [0.25, 0.3) is 10.0 Å². The molecular formula is C21H20BNO3S. The molecule has 6 heteroatoms. The molecule has 136 valence electrons. The third-order valence-electron chi connectivity index (χ3n) is 4.34. The van der Waals surface area contributed by atoms with Crippen molar-refractivity contribution >= 4 is 34.8 Å². The molecule has 0 aliphatic carbocycles. The smallest absolute Gasteiger partial charge is 0.261 e. The zero-order valence-electron chi connectivity index (χ0n) is 15.3. The third kappa shape index (κ3) is 4.28. The van der Waals surface area contributed by atoms with Gasteiger partial charge in [0.2, 0.25) is 0 Å². The molecule has 0 saturated carbocycles. The summed E-state index contributed by atoms with van der Waals surface area (Å²) in [6, 6.07) is 20.7. The molecule has 0 saturated heterocycles. The van der Waals surface area contributed by atoms with Crippen molar-refractivity contribution in [3.8, 4) is 0 Å². The van der Waals surface area contributed by atoms with Gasteiger partial charge in [0.1, 0.15) is 7.85 Å². The zero-order chi connectivity index (χ0) is 19.4. The average molecular weight is 377 g/mol. The number of hydrogen-bond donors (Lipinski definition) is 1. The second-order valence-corrected chi connectivity index (χ2v) is 8.03. The number of carbonyl (C=O) groups excluding carboxylic acids is 1. The van der Waals surface area contributed by atoms with Crippen molar-refractivity contribution < 1.29 is 13.2 Å². The van der Waals surface area contributed by atoms with E-state index in [1.165, 1.54) is 0 Å². The van der Waals surface area contributed by atoms with Gasteiger partial charge in [0, 0.05) is 11.1 Å². The topological polar surface area (TPSA) is 63.2 Å². The van der Waals surface area contributed by atoms with Crippen LogP contribution < -0.4 is 10.2 Å². The van der Waals surface area contributed by atoms with E-state index in [4.69, 9.17) is 0 Å². The van der Waals surface area contributed by atoms with Crippen molar-refractivity contribution in [1.29, 1.82) is 0 Å². The van der Waals surface area contributed by atoms with E-state index < -0.39 is 10.0 Å². The summed E-state index contributed by atoms with van der Waals surface area (Å²) < 4.78 is 28.1. The van der Waals surface area contributed by atoms with E-state index in [9.17, 15) is 13.2 Å². The Labute approximate surface area is 160 Å². The predicted octanol–water partition coefficient (Wildman–Crippen LogP) is 2.54. The van der Waals surface area contributed by atoms with E-state index >= 15 is 0 Å². The van der Waals surface area contributed by atoms with Crippen molar-refractivity contribution in [3.05, 3.63) is 89.5 Å². The number of aryl methyl sites for hydroxylation is 1. The maximum Gasteiger partial charge on any atom is 0.261 e. The molecule has 0 amide bonds. The van der Waals surface area contributed by atoms with Crippen LogP contribution in [0.3, 0.4) is 0 Å². The lowest BCUT2D eigenvalue weighted by Gasteiger charge is -2.13. The van der Waals surface area contributed by atoms with Gasteiger partial charge in [-0.25, -0.2) is 8.42 Å². The first kappa shape index (κ1) is 18.9. The maximum atomic E-state index is 12.9. The van der Waals surface area contributed by atoms with E-state index in [-0.39, 0.29) is 16.4 Å². The minimum absolute atomic E-state index is 0.165. The van der Waals surface area contributed by atoms with E-state index in [2.05, 4.69) is 4.72 Å². The molecule has 0 unspecified atom stereocenters. The molecule has 0 spiro atoms. The Morgan fingerprint density at radius 1 is 0.963 bits per heavy atom. The van der Waals surface area contributed by atoms with E-state index in [0.717, 1.165) is 17.4 Å². The SMILES string of the molecule is Bc1ccc(NS(=O)(=O)c2ccc(CC)cc2)c(C(=O)c2ccccc2)c1. The molecular weight excluding hydrogens is 357 g/mol. The molecule has 1 N–H and O–H groups in total. The van der Waals surface area contributed by atoms with Crippen molar-refractivity contribution in [2.75, 3.05) is 4.72 Å². The Morgan fingerprint density at radius 2 is 1.63 bits per heavy atom. The molecule has 0 aliphatic rings. The Kier molecular flexibility index (Phi) is 5.47. The lowest BCUT2D eigenvalue weighted by molar-refractivity contribution is 0.103. The van der Waals surface area contributed by atoms with E-state index in [1.807, 2.05) is 20.8 Å². The number of hydrogen-bond acceptors (Lipinski definition) is 3. The fourth-order valence-corrected chi connectivity index (χ4v) is 3.87. The monoisotopic (exact) mass is 377 g/mol. The van der Waals surface area contributed by atoms with Gasteiger partial charge in [0.05, 0.1) is 10.6 Å². The Balaban J connectivity index is 1.98. The largest absolute Gasteiger partial charge is 0.289 e. The molecule has 3 aromatic rings. The summed E-state index contributed by atoms with van der Waals surface area (Å²) in [5, 5.41) is 0. The number of nitrogens with one attached hydrogen (secondary N) is 1. The lowest BCUT2D eigenvalue weighted by Crippen LogP contribution is -2.18. The van der Waals surface area contributed by atoms with Crippen molar-refractivity contribution in [2.45, 2.75) is 18.2 Å². The quantitative estimate of drug-likeness (QED) is 0.531. The average Bonchev–Trinajstić information content (AvgIpc) is 2.69. The fraction of sp³-hybridized carbons (Fsp3) is 0.0952.